The van der Waals surface area contributed by atoms with Gasteiger partial charge in [-0.15, -0.1) is 0 Å². The zero-order valence-electron chi connectivity index (χ0n) is 11.7. The molecule has 0 spiro atoms. The topological polar surface area (TPSA) is 54.0 Å². The van der Waals surface area contributed by atoms with Gasteiger partial charge in [-0.3, -0.25) is 4.79 Å². The highest BCUT2D eigenvalue weighted by Gasteiger charge is 2.17. The molecule has 21 heavy (non-hydrogen) atoms. The Balaban J connectivity index is 2.33. The molecule has 1 amide bonds. The van der Waals surface area contributed by atoms with Gasteiger partial charge < -0.3 is 10.6 Å². The second kappa shape index (κ2) is 6.30. The van der Waals surface area contributed by atoms with Crippen LogP contribution in [0.4, 0.5) is 20.3 Å². The number of aromatic nitrogens is 1. The van der Waals surface area contributed by atoms with Crippen LogP contribution in [0.3, 0.4) is 0 Å². The van der Waals surface area contributed by atoms with Crippen molar-refractivity contribution in [1.29, 1.82) is 0 Å². The summed E-state index contributed by atoms with van der Waals surface area (Å²) in [5, 5.41) is 5.19. The first-order chi connectivity index (χ1) is 10.0. The van der Waals surface area contributed by atoms with E-state index < -0.39 is 23.2 Å². The Morgan fingerprint density at radius 1 is 1.29 bits per heavy atom. The first kappa shape index (κ1) is 14.9. The normalized spacial score (nSPS) is 10.3. The molecule has 0 atom stereocenters. The van der Waals surface area contributed by atoms with Crippen LogP contribution >= 0.6 is 0 Å². The summed E-state index contributed by atoms with van der Waals surface area (Å²) in [4.78, 5) is 16.2. The average molecular weight is 291 g/mol. The number of carbonyl (C=O) groups excluding carboxylic acids is 1. The van der Waals surface area contributed by atoms with Crippen LogP contribution in [0.25, 0.3) is 0 Å². The van der Waals surface area contributed by atoms with Gasteiger partial charge in [0.25, 0.3) is 5.91 Å². The largest absolute Gasteiger partial charge is 0.370 e. The number of aryl methyl sites for hydroxylation is 1. The molecule has 0 bridgehead atoms. The zero-order valence-corrected chi connectivity index (χ0v) is 11.7. The SMILES string of the molecule is CCNc1ncccc1C(=O)Nc1c(F)ccc(C)c1F. The van der Waals surface area contributed by atoms with Crippen molar-refractivity contribution in [3.8, 4) is 0 Å². The van der Waals surface area contributed by atoms with E-state index in [-0.39, 0.29) is 11.1 Å². The molecule has 110 valence electrons. The molecule has 0 unspecified atom stereocenters. The first-order valence-electron chi connectivity index (χ1n) is 6.49. The third kappa shape index (κ3) is 3.16. The summed E-state index contributed by atoms with van der Waals surface area (Å²) in [6.07, 6.45) is 1.53. The molecule has 1 aromatic carbocycles. The van der Waals surface area contributed by atoms with Crippen molar-refractivity contribution < 1.29 is 13.6 Å². The van der Waals surface area contributed by atoms with E-state index >= 15 is 0 Å². The molecule has 2 N–H and O–H groups in total. The van der Waals surface area contributed by atoms with Crippen LogP contribution in [0.5, 0.6) is 0 Å². The molecule has 1 aromatic heterocycles. The molecule has 2 rings (SSSR count). The van der Waals surface area contributed by atoms with Crippen molar-refractivity contribution in [3.05, 3.63) is 53.2 Å². The summed E-state index contributed by atoms with van der Waals surface area (Å²) < 4.78 is 27.6. The van der Waals surface area contributed by atoms with E-state index in [2.05, 4.69) is 15.6 Å². The lowest BCUT2D eigenvalue weighted by atomic mass is 10.1. The summed E-state index contributed by atoms with van der Waals surface area (Å²) in [5.74, 6) is -1.86. The van der Waals surface area contributed by atoms with Gasteiger partial charge in [0.05, 0.1) is 5.56 Å². The highest BCUT2D eigenvalue weighted by molar-refractivity contribution is 6.07. The lowest BCUT2D eigenvalue weighted by Crippen LogP contribution is -2.17. The number of amides is 1. The average Bonchev–Trinajstić information content (AvgIpc) is 2.48. The molecule has 0 aliphatic rings. The highest BCUT2D eigenvalue weighted by Crippen LogP contribution is 2.23. The van der Waals surface area contributed by atoms with Crippen LogP contribution in [0.1, 0.15) is 22.8 Å². The fourth-order valence-electron chi connectivity index (χ4n) is 1.85. The van der Waals surface area contributed by atoms with Gasteiger partial charge in [-0.25, -0.2) is 13.8 Å². The number of hydrogen-bond donors (Lipinski definition) is 2. The fourth-order valence-corrected chi connectivity index (χ4v) is 1.85. The van der Waals surface area contributed by atoms with E-state index in [9.17, 15) is 13.6 Å². The maximum Gasteiger partial charge on any atom is 0.259 e. The molecule has 0 saturated heterocycles. The number of nitrogens with one attached hydrogen (secondary N) is 2. The van der Waals surface area contributed by atoms with Gasteiger partial charge in [-0.05, 0) is 37.6 Å². The Labute approximate surface area is 121 Å². The fraction of sp³-hybridized carbons (Fsp3) is 0.200. The van der Waals surface area contributed by atoms with Gasteiger partial charge in [0.15, 0.2) is 5.82 Å². The van der Waals surface area contributed by atoms with Gasteiger partial charge >= 0.3 is 0 Å². The monoisotopic (exact) mass is 291 g/mol. The summed E-state index contributed by atoms with van der Waals surface area (Å²) in [7, 11) is 0. The summed E-state index contributed by atoms with van der Waals surface area (Å²) in [5.41, 5.74) is 0.0238. The van der Waals surface area contributed by atoms with Crippen LogP contribution in [-0.4, -0.2) is 17.4 Å². The molecule has 6 heteroatoms. The second-order valence-electron chi connectivity index (χ2n) is 4.44. The van der Waals surface area contributed by atoms with Crippen LogP contribution < -0.4 is 10.6 Å². The number of halogens is 2. The number of benzene rings is 1. The minimum Gasteiger partial charge on any atom is -0.370 e. The molecular formula is C15H15F2N3O. The molecule has 0 saturated carbocycles. The summed E-state index contributed by atoms with van der Waals surface area (Å²) in [6.45, 7) is 3.93. The van der Waals surface area contributed by atoms with Crippen LogP contribution in [0.2, 0.25) is 0 Å². The predicted molar refractivity (Wildman–Crippen MR) is 77.4 cm³/mol. The van der Waals surface area contributed by atoms with Crippen molar-refractivity contribution in [2.45, 2.75) is 13.8 Å². The third-order valence-corrected chi connectivity index (χ3v) is 2.92. The Morgan fingerprint density at radius 2 is 2.05 bits per heavy atom. The molecule has 4 nitrogen and oxygen atoms in total. The standard InChI is InChI=1S/C15H15F2N3O/c1-3-18-14-10(5-4-8-19-14)15(21)20-13-11(16)7-6-9(2)12(13)17/h4-8H,3H2,1-2H3,(H,18,19)(H,20,21). The number of anilines is 2. The summed E-state index contributed by atoms with van der Waals surface area (Å²) >= 11 is 0. The number of carbonyl (C=O) groups is 1. The van der Waals surface area contributed by atoms with Gasteiger partial charge in [0, 0.05) is 12.7 Å². The third-order valence-electron chi connectivity index (χ3n) is 2.92. The van der Waals surface area contributed by atoms with Crippen molar-refractivity contribution in [2.75, 3.05) is 17.2 Å². The quantitative estimate of drug-likeness (QED) is 0.908. The molecular weight excluding hydrogens is 276 g/mol. The number of rotatable bonds is 4. The minimum absolute atomic E-state index is 0.222. The number of hydrogen-bond acceptors (Lipinski definition) is 3. The lowest BCUT2D eigenvalue weighted by Gasteiger charge is -2.12. The summed E-state index contributed by atoms with van der Waals surface area (Å²) in [6, 6.07) is 5.54. The van der Waals surface area contributed by atoms with Gasteiger partial charge in [-0.2, -0.15) is 0 Å². The highest BCUT2D eigenvalue weighted by atomic mass is 19.1. The Kier molecular flexibility index (Phi) is 4.47. The number of pyridine rings is 1. The van der Waals surface area contributed by atoms with Crippen molar-refractivity contribution in [2.24, 2.45) is 0 Å². The second-order valence-corrected chi connectivity index (χ2v) is 4.44. The number of nitrogens with zero attached hydrogens (tertiary/aromatic N) is 1. The minimum atomic E-state index is -0.819. The van der Waals surface area contributed by atoms with Crippen LogP contribution in [0, 0.1) is 18.6 Å². The maximum atomic E-state index is 13.9. The first-order valence-corrected chi connectivity index (χ1v) is 6.49. The van der Waals surface area contributed by atoms with E-state index in [1.165, 1.54) is 25.3 Å². The Hall–Kier alpha value is -2.50. The molecule has 0 aliphatic carbocycles. The zero-order chi connectivity index (χ0) is 15.4. The van der Waals surface area contributed by atoms with Crippen molar-refractivity contribution in [1.82, 2.24) is 4.98 Å². The van der Waals surface area contributed by atoms with Crippen molar-refractivity contribution >= 4 is 17.4 Å². The van der Waals surface area contributed by atoms with Crippen LogP contribution in [-0.2, 0) is 0 Å². The predicted octanol–water partition coefficient (Wildman–Crippen LogP) is 3.35. The molecule has 0 radical (unpaired) electrons. The lowest BCUT2D eigenvalue weighted by molar-refractivity contribution is 0.102. The van der Waals surface area contributed by atoms with Gasteiger partial charge in [0.1, 0.15) is 17.3 Å². The van der Waals surface area contributed by atoms with Crippen LogP contribution in [0.15, 0.2) is 30.5 Å². The van der Waals surface area contributed by atoms with E-state index in [4.69, 9.17) is 0 Å². The molecule has 0 fully saturated rings. The Morgan fingerprint density at radius 3 is 2.76 bits per heavy atom. The van der Waals surface area contributed by atoms with Crippen molar-refractivity contribution in [3.63, 3.8) is 0 Å². The van der Waals surface area contributed by atoms with E-state index in [1.54, 1.807) is 6.07 Å². The van der Waals surface area contributed by atoms with Gasteiger partial charge in [-0.1, -0.05) is 6.07 Å². The van der Waals surface area contributed by atoms with Gasteiger partial charge in [0.2, 0.25) is 0 Å². The maximum absolute atomic E-state index is 13.9. The molecule has 2 aromatic rings. The Bertz CT molecular complexity index is 674. The smallest absolute Gasteiger partial charge is 0.259 e. The van der Waals surface area contributed by atoms with E-state index in [1.807, 2.05) is 6.92 Å². The van der Waals surface area contributed by atoms with E-state index in [0.717, 1.165) is 6.07 Å². The molecule has 0 aliphatic heterocycles. The van der Waals surface area contributed by atoms with E-state index in [0.29, 0.717) is 12.4 Å². The molecule has 1 heterocycles.